The Morgan fingerprint density at radius 2 is 2.06 bits per heavy atom. The van der Waals surface area contributed by atoms with Gasteiger partial charge in [0, 0.05) is 19.8 Å². The molecule has 1 heterocycles. The average Bonchev–Trinajstić information content (AvgIpc) is 2.22. The number of rotatable bonds is 4. The normalized spacial score (nSPS) is 12.1. The van der Waals surface area contributed by atoms with Crippen LogP contribution in [0.15, 0.2) is 17.2 Å². The van der Waals surface area contributed by atoms with Crippen molar-refractivity contribution in [1.82, 2.24) is 9.29 Å². The van der Waals surface area contributed by atoms with Gasteiger partial charge in [0.1, 0.15) is 10.0 Å². The maximum atomic E-state index is 12.0. The van der Waals surface area contributed by atoms with Crippen LogP contribution in [0.5, 0.6) is 0 Å². The Morgan fingerprint density at radius 1 is 1.44 bits per heavy atom. The van der Waals surface area contributed by atoms with Gasteiger partial charge in [0.25, 0.3) is 0 Å². The maximum absolute atomic E-state index is 12.0. The van der Waals surface area contributed by atoms with Gasteiger partial charge in [-0.15, -0.1) is 0 Å². The van der Waals surface area contributed by atoms with Gasteiger partial charge in [0.05, 0.1) is 5.02 Å². The summed E-state index contributed by atoms with van der Waals surface area (Å²) < 4.78 is 25.2. The highest BCUT2D eigenvalue weighted by atomic mass is 35.5. The van der Waals surface area contributed by atoms with Gasteiger partial charge < -0.3 is 0 Å². The number of pyridine rings is 1. The summed E-state index contributed by atoms with van der Waals surface area (Å²) in [6.45, 7) is 2.35. The highest BCUT2D eigenvalue weighted by Crippen LogP contribution is 2.23. The second kappa shape index (κ2) is 5.31. The van der Waals surface area contributed by atoms with Crippen LogP contribution in [-0.2, 0) is 10.0 Å². The predicted molar refractivity (Wildman–Crippen MR) is 64.4 cm³/mol. The van der Waals surface area contributed by atoms with Gasteiger partial charge in [-0.05, 0) is 12.5 Å². The molecule has 0 spiro atoms. The fourth-order valence-corrected chi connectivity index (χ4v) is 2.73. The zero-order valence-corrected chi connectivity index (χ0v) is 11.3. The van der Waals surface area contributed by atoms with Crippen LogP contribution in [0.25, 0.3) is 0 Å². The van der Waals surface area contributed by atoms with E-state index in [0.717, 1.165) is 6.42 Å². The minimum atomic E-state index is -3.51. The van der Waals surface area contributed by atoms with Gasteiger partial charge in [-0.25, -0.2) is 17.7 Å². The topological polar surface area (TPSA) is 50.3 Å². The van der Waals surface area contributed by atoms with Gasteiger partial charge in [0.2, 0.25) is 10.0 Å². The molecule has 0 aliphatic rings. The first-order valence-electron chi connectivity index (χ1n) is 4.67. The number of nitrogens with zero attached hydrogens (tertiary/aromatic N) is 2. The summed E-state index contributed by atoms with van der Waals surface area (Å²) in [7, 11) is -2.00. The summed E-state index contributed by atoms with van der Waals surface area (Å²) in [6.07, 6.45) is 1.94. The summed E-state index contributed by atoms with van der Waals surface area (Å²) in [6, 6.07) is 1.30. The number of hydrogen-bond acceptors (Lipinski definition) is 3. The Morgan fingerprint density at radius 3 is 2.56 bits per heavy atom. The van der Waals surface area contributed by atoms with Gasteiger partial charge in [-0.1, -0.05) is 30.1 Å². The third-order valence-electron chi connectivity index (χ3n) is 2.02. The number of halogens is 2. The Labute approximate surface area is 105 Å². The van der Waals surface area contributed by atoms with Crippen LogP contribution in [0.1, 0.15) is 13.3 Å². The van der Waals surface area contributed by atoms with Crippen molar-refractivity contribution in [2.45, 2.75) is 18.2 Å². The summed E-state index contributed by atoms with van der Waals surface area (Å²) in [5.74, 6) is 0. The Bertz CT molecular complexity index is 476. The molecule has 90 valence electrons. The number of aromatic nitrogens is 1. The zero-order valence-electron chi connectivity index (χ0n) is 8.94. The molecule has 0 saturated carbocycles. The fourth-order valence-electron chi connectivity index (χ4n) is 1.16. The van der Waals surface area contributed by atoms with E-state index in [1.807, 2.05) is 6.92 Å². The molecule has 0 unspecified atom stereocenters. The monoisotopic (exact) mass is 282 g/mol. The van der Waals surface area contributed by atoms with Crippen LogP contribution in [0.3, 0.4) is 0 Å². The molecular formula is C9H12Cl2N2O2S. The molecule has 7 heteroatoms. The smallest absolute Gasteiger partial charge is 0.242 e. The predicted octanol–water partition coefficient (Wildman–Crippen LogP) is 2.42. The molecule has 0 bridgehead atoms. The molecule has 1 rings (SSSR count). The third kappa shape index (κ3) is 2.85. The lowest BCUT2D eigenvalue weighted by molar-refractivity contribution is 0.468. The van der Waals surface area contributed by atoms with Gasteiger partial charge >= 0.3 is 0 Å². The van der Waals surface area contributed by atoms with Gasteiger partial charge in [-0.2, -0.15) is 0 Å². The fraction of sp³-hybridized carbons (Fsp3) is 0.444. The van der Waals surface area contributed by atoms with E-state index in [0.29, 0.717) is 6.54 Å². The highest BCUT2D eigenvalue weighted by molar-refractivity contribution is 7.89. The molecule has 4 nitrogen and oxygen atoms in total. The van der Waals surface area contributed by atoms with Crippen molar-refractivity contribution in [3.8, 4) is 0 Å². The molecule has 0 fully saturated rings. The lowest BCUT2D eigenvalue weighted by Gasteiger charge is -2.15. The standard InChI is InChI=1S/C9H12Cl2N2O2S/c1-3-4-13(2)16(14,15)7-5-8(10)9(11)12-6-7/h5-6H,3-4H2,1-2H3. The lowest BCUT2D eigenvalue weighted by atomic mass is 10.5. The van der Waals surface area contributed by atoms with Gasteiger partial charge in [0.15, 0.2) is 0 Å². The van der Waals surface area contributed by atoms with E-state index >= 15 is 0 Å². The van der Waals surface area contributed by atoms with Crippen molar-refractivity contribution in [2.75, 3.05) is 13.6 Å². The quantitative estimate of drug-likeness (QED) is 0.797. The molecule has 0 radical (unpaired) electrons. The molecule has 0 aliphatic carbocycles. The molecule has 0 saturated heterocycles. The zero-order chi connectivity index (χ0) is 12.3. The third-order valence-corrected chi connectivity index (χ3v) is 4.53. The van der Waals surface area contributed by atoms with E-state index in [4.69, 9.17) is 23.2 Å². The van der Waals surface area contributed by atoms with Crippen LogP contribution in [-0.4, -0.2) is 31.3 Å². The van der Waals surface area contributed by atoms with Crippen molar-refractivity contribution in [1.29, 1.82) is 0 Å². The first kappa shape index (κ1) is 13.7. The van der Waals surface area contributed by atoms with Crippen molar-refractivity contribution in [3.05, 3.63) is 22.4 Å². The second-order valence-corrected chi connectivity index (χ2v) is 6.08. The number of hydrogen-bond donors (Lipinski definition) is 0. The molecule has 0 atom stereocenters. The van der Waals surface area contributed by atoms with E-state index in [-0.39, 0.29) is 15.1 Å². The van der Waals surface area contributed by atoms with Crippen molar-refractivity contribution >= 4 is 33.2 Å². The summed E-state index contributed by atoms with van der Waals surface area (Å²) >= 11 is 11.3. The van der Waals surface area contributed by atoms with Crippen molar-refractivity contribution in [3.63, 3.8) is 0 Å². The second-order valence-electron chi connectivity index (χ2n) is 3.27. The van der Waals surface area contributed by atoms with Crippen LogP contribution in [0.4, 0.5) is 0 Å². The largest absolute Gasteiger partial charge is 0.244 e. The molecule has 16 heavy (non-hydrogen) atoms. The summed E-state index contributed by atoms with van der Waals surface area (Å²) in [5.41, 5.74) is 0. The van der Waals surface area contributed by atoms with E-state index in [2.05, 4.69) is 4.98 Å². The Balaban J connectivity index is 3.12. The lowest BCUT2D eigenvalue weighted by Crippen LogP contribution is -2.27. The molecule has 0 N–H and O–H groups in total. The highest BCUT2D eigenvalue weighted by Gasteiger charge is 2.21. The average molecular weight is 283 g/mol. The molecule has 1 aromatic rings. The first-order chi connectivity index (χ1) is 7.39. The molecule has 1 aromatic heterocycles. The minimum absolute atomic E-state index is 0.0536. The molecule has 0 aliphatic heterocycles. The van der Waals surface area contributed by atoms with E-state index < -0.39 is 10.0 Å². The van der Waals surface area contributed by atoms with E-state index in [9.17, 15) is 8.42 Å². The van der Waals surface area contributed by atoms with Crippen molar-refractivity contribution in [2.24, 2.45) is 0 Å². The van der Waals surface area contributed by atoms with Crippen molar-refractivity contribution < 1.29 is 8.42 Å². The van der Waals surface area contributed by atoms with E-state index in [1.165, 1.54) is 23.6 Å². The maximum Gasteiger partial charge on any atom is 0.244 e. The molecule has 0 amide bonds. The van der Waals surface area contributed by atoms with E-state index in [1.54, 1.807) is 0 Å². The van der Waals surface area contributed by atoms with Gasteiger partial charge in [-0.3, -0.25) is 0 Å². The van der Waals surface area contributed by atoms with Crippen LogP contribution < -0.4 is 0 Å². The minimum Gasteiger partial charge on any atom is -0.242 e. The first-order valence-corrected chi connectivity index (χ1v) is 6.86. The van der Waals surface area contributed by atoms with Crippen LogP contribution in [0.2, 0.25) is 10.2 Å². The Hall–Kier alpha value is -0.360. The van der Waals surface area contributed by atoms with Crippen LogP contribution in [0, 0.1) is 0 Å². The SMILES string of the molecule is CCCN(C)S(=O)(=O)c1cnc(Cl)c(Cl)c1. The number of sulfonamides is 1. The Kier molecular flexibility index (Phi) is 4.55. The summed E-state index contributed by atoms with van der Waals surface area (Å²) in [5, 5.41) is 0.228. The van der Waals surface area contributed by atoms with Crippen LogP contribution >= 0.6 is 23.2 Å². The summed E-state index contributed by atoms with van der Waals surface area (Å²) in [4.78, 5) is 3.77. The molecular weight excluding hydrogens is 271 g/mol. The molecule has 0 aromatic carbocycles.